The highest BCUT2D eigenvalue weighted by Gasteiger charge is 2.34. The molecule has 0 saturated heterocycles. The lowest BCUT2D eigenvalue weighted by molar-refractivity contribution is 0.124. The van der Waals surface area contributed by atoms with Crippen molar-refractivity contribution in [3.05, 3.63) is 117 Å². The smallest absolute Gasteiger partial charge is 0.204 e. The molecule has 0 aromatic heterocycles. The molecule has 0 spiro atoms. The van der Waals surface area contributed by atoms with Crippen molar-refractivity contribution in [3.8, 4) is 23.0 Å². The van der Waals surface area contributed by atoms with Gasteiger partial charge in [0.2, 0.25) is 23.3 Å². The molecule has 10 saturated carbocycles. The first-order valence-electron chi connectivity index (χ1n) is 48.4. The van der Waals surface area contributed by atoms with E-state index in [0.29, 0.717) is 122 Å². The fraction of sp³-hybridized carbons (Fsp3) is 0.769. The summed E-state index contributed by atoms with van der Waals surface area (Å²) in [7, 11) is 0. The molecule has 4 aromatic rings. The third-order valence-corrected chi connectivity index (χ3v) is 31.7. The minimum atomic E-state index is -0.927. The third kappa shape index (κ3) is 28.8. The summed E-state index contributed by atoms with van der Waals surface area (Å²) in [5, 5.41) is 0. The van der Waals surface area contributed by atoms with Gasteiger partial charge >= 0.3 is 0 Å². The molecule has 0 N–H and O–H groups in total. The van der Waals surface area contributed by atoms with Crippen LogP contribution in [0, 0.1) is 165 Å². The van der Waals surface area contributed by atoms with Crippen LogP contribution in [0.25, 0.3) is 0 Å². The van der Waals surface area contributed by atoms with Crippen LogP contribution in [0.15, 0.2) is 48.5 Å². The van der Waals surface area contributed by atoms with Crippen LogP contribution in [0.5, 0.6) is 23.0 Å². The normalized spacial score (nSPS) is 31.9. The Kier molecular flexibility index (Phi) is 37.6. The van der Waals surface area contributed by atoms with E-state index < -0.39 is 46.5 Å². The lowest BCUT2D eigenvalue weighted by atomic mass is 9.69. The second-order valence-electron chi connectivity index (χ2n) is 41.2. The quantitative estimate of drug-likeness (QED) is 0.0587. The number of ether oxygens (including phenoxy) is 4. The topological polar surface area (TPSA) is 36.9 Å². The molecule has 0 bridgehead atoms. The van der Waals surface area contributed by atoms with Gasteiger partial charge in [0, 0.05) is 0 Å². The van der Waals surface area contributed by atoms with Crippen molar-refractivity contribution in [3.63, 3.8) is 0 Å². The fourth-order valence-corrected chi connectivity index (χ4v) is 22.4. The maximum absolute atomic E-state index is 14.8. The Hall–Kier alpha value is -4.48. The highest BCUT2D eigenvalue weighted by molar-refractivity contribution is 5.36. The lowest BCUT2D eigenvalue weighted by Gasteiger charge is -2.37. The van der Waals surface area contributed by atoms with Crippen LogP contribution < -0.4 is 18.9 Å². The second-order valence-corrected chi connectivity index (χ2v) is 41.2. The van der Waals surface area contributed by atoms with E-state index in [9.17, 15) is 35.1 Å². The monoisotopic (exact) mass is 1620 g/mol. The number of rotatable bonds is 26. The Bertz CT molecular complexity index is 3130. The van der Waals surface area contributed by atoms with Crippen LogP contribution >= 0.6 is 0 Å². The van der Waals surface area contributed by atoms with Gasteiger partial charge in [-0.05, 0) is 319 Å². The second kappa shape index (κ2) is 47.2. The van der Waals surface area contributed by atoms with Crippen molar-refractivity contribution in [2.75, 3.05) is 26.4 Å². The molecule has 0 heterocycles. The number of halogens is 8. The average Bonchev–Trinajstić information content (AvgIpc) is 0.838. The van der Waals surface area contributed by atoms with E-state index in [4.69, 9.17) is 18.9 Å². The highest BCUT2D eigenvalue weighted by atomic mass is 19.2. The van der Waals surface area contributed by atoms with Gasteiger partial charge in [-0.25, -0.2) is 17.6 Å². The Morgan fingerprint density at radius 2 is 0.336 bits per heavy atom. The SMILES string of the molecule is CC1CCC(CCc2ccc(CCC3CCC(C)CC3)c(F)c2F)CC1.CC1CCC(CCc2ccc(CCC3CCC(C4CCC(C)CC4)CC3)c(F)c2F)CC1.CC1CCC(COc2ccc(OCC3CCC(C)CC3)c(F)c2F)CC1.CC1CCC(COc2ccc(OCC3CCC(C4CCC(C)CC4)CC3)c(F)c2F)CC1. The summed E-state index contributed by atoms with van der Waals surface area (Å²) in [5.41, 5.74) is 2.35. The average molecular weight is 1620 g/mol. The first-order valence-corrected chi connectivity index (χ1v) is 48.4. The van der Waals surface area contributed by atoms with Crippen molar-refractivity contribution in [2.45, 2.75) is 364 Å². The molecular weight excluding hydrogens is 1470 g/mol. The number of benzene rings is 4. The molecular formula is C104H156F8O4. The fourth-order valence-electron chi connectivity index (χ4n) is 22.4. The van der Waals surface area contributed by atoms with Crippen LogP contribution in [0.3, 0.4) is 0 Å². The maximum atomic E-state index is 14.8. The molecule has 0 amide bonds. The third-order valence-electron chi connectivity index (χ3n) is 31.7. The van der Waals surface area contributed by atoms with Crippen LogP contribution in [-0.4, -0.2) is 26.4 Å². The molecule has 0 atom stereocenters. The first-order chi connectivity index (χ1) is 56.0. The molecule has 4 nitrogen and oxygen atoms in total. The van der Waals surface area contributed by atoms with E-state index in [1.54, 1.807) is 0 Å². The molecule has 4 aromatic carbocycles. The van der Waals surface area contributed by atoms with E-state index in [-0.39, 0.29) is 23.0 Å². The van der Waals surface area contributed by atoms with Gasteiger partial charge in [0.25, 0.3) is 0 Å². The van der Waals surface area contributed by atoms with Crippen molar-refractivity contribution in [1.82, 2.24) is 0 Å². The van der Waals surface area contributed by atoms with Gasteiger partial charge in [0.1, 0.15) is 0 Å². The predicted molar refractivity (Wildman–Crippen MR) is 461 cm³/mol. The Balaban J connectivity index is 0.000000153. The van der Waals surface area contributed by atoms with Crippen molar-refractivity contribution in [2.24, 2.45) is 118 Å². The van der Waals surface area contributed by atoms with Crippen molar-refractivity contribution in [1.29, 1.82) is 0 Å². The highest BCUT2D eigenvalue weighted by Crippen LogP contribution is 2.46. The summed E-state index contributed by atoms with van der Waals surface area (Å²) in [6.07, 6.45) is 57.2. The van der Waals surface area contributed by atoms with E-state index in [1.165, 1.54) is 230 Å². The summed E-state index contributed by atoms with van der Waals surface area (Å²) >= 11 is 0. The number of hydrogen-bond acceptors (Lipinski definition) is 4. The largest absolute Gasteiger partial charge is 0.490 e. The van der Waals surface area contributed by atoms with Gasteiger partial charge in [-0.2, -0.15) is 17.6 Å². The molecule has 10 aliphatic carbocycles. The van der Waals surface area contributed by atoms with Crippen molar-refractivity contribution < 1.29 is 54.1 Å². The minimum absolute atomic E-state index is 0.0000342. The summed E-state index contributed by atoms with van der Waals surface area (Å²) in [5.74, 6) is 8.92. The van der Waals surface area contributed by atoms with Gasteiger partial charge in [-0.1, -0.05) is 234 Å². The summed E-state index contributed by atoms with van der Waals surface area (Å²) in [6.45, 7) is 20.4. The predicted octanol–water partition coefficient (Wildman–Crippen LogP) is 31.3. The Labute approximate surface area is 699 Å². The Morgan fingerprint density at radius 3 is 0.526 bits per heavy atom. The van der Waals surface area contributed by atoms with Gasteiger partial charge in [0.15, 0.2) is 46.3 Å². The zero-order valence-electron chi connectivity index (χ0n) is 73.6. The zero-order chi connectivity index (χ0) is 82.0. The van der Waals surface area contributed by atoms with Crippen LogP contribution in [0.1, 0.15) is 360 Å². The first kappa shape index (κ1) is 92.2. The zero-order valence-corrected chi connectivity index (χ0v) is 73.6. The molecule has 14 rings (SSSR count). The molecule has 0 aliphatic heterocycles. The summed E-state index contributed by atoms with van der Waals surface area (Å²) in [6, 6.07) is 13.5. The van der Waals surface area contributed by atoms with E-state index >= 15 is 0 Å². The summed E-state index contributed by atoms with van der Waals surface area (Å²) < 4.78 is 139. The molecule has 10 aliphatic rings. The van der Waals surface area contributed by atoms with E-state index in [0.717, 1.165) is 148 Å². The van der Waals surface area contributed by atoms with E-state index in [1.807, 2.05) is 24.3 Å². The maximum Gasteiger partial charge on any atom is 0.204 e. The van der Waals surface area contributed by atoms with Crippen LogP contribution in [0.2, 0.25) is 0 Å². The van der Waals surface area contributed by atoms with Crippen LogP contribution in [-0.2, 0) is 25.7 Å². The standard InChI is InChI=1S/C30H46F2.C28H42F2O2.C24H36F2.C22H32F2O2/c1-21-3-7-23(8-4-21)11-17-27-19-20-28(30(32)29(27)31)18-12-24-9-15-26(16-10-24)25-13-5-22(2)6-14-25;1-19-3-7-21(8-4-19)17-31-25-15-16-26(28(30)27(25)29)32-18-22-9-13-24(14-10-22)23-11-5-20(2)6-12-23;1-17-3-7-19(8-4-17)11-13-21-15-16-22(24(26)23(21)25)14-12-20-9-5-18(2)6-10-20;1-15-3-7-17(8-4-15)13-25-19-11-12-20(22(24)21(19)23)26-14-18-9-5-16(2)6-10-18/h19-26H,3-18H2,1-2H3;15-16,19-24H,3-14,17-18H2,1-2H3;15-20H,3-14H2,1-2H3;11-12,15-18H,3-10,13-14H2,1-2H3. The van der Waals surface area contributed by atoms with Gasteiger partial charge in [-0.15, -0.1) is 0 Å². The molecule has 652 valence electrons. The van der Waals surface area contributed by atoms with Gasteiger partial charge in [0.05, 0.1) is 26.4 Å². The Morgan fingerprint density at radius 1 is 0.190 bits per heavy atom. The molecule has 12 heteroatoms. The van der Waals surface area contributed by atoms with Crippen LogP contribution in [0.4, 0.5) is 35.1 Å². The van der Waals surface area contributed by atoms with Gasteiger partial charge < -0.3 is 18.9 Å². The van der Waals surface area contributed by atoms with Gasteiger partial charge in [-0.3, -0.25) is 0 Å². The molecule has 0 radical (unpaired) electrons. The number of hydrogen-bond donors (Lipinski definition) is 0. The number of aryl methyl sites for hydroxylation is 4. The molecule has 116 heavy (non-hydrogen) atoms. The van der Waals surface area contributed by atoms with Crippen molar-refractivity contribution >= 4 is 0 Å². The molecule has 10 fully saturated rings. The van der Waals surface area contributed by atoms with E-state index in [2.05, 4.69) is 55.4 Å². The minimum Gasteiger partial charge on any atom is -0.490 e. The summed E-state index contributed by atoms with van der Waals surface area (Å²) in [4.78, 5) is 0. The molecule has 0 unspecified atom stereocenters. The lowest BCUT2D eigenvalue weighted by Crippen LogP contribution is -2.27.